The van der Waals surface area contributed by atoms with Gasteiger partial charge < -0.3 is 10.5 Å². The number of nitrogens with two attached hydrogens (primary N) is 1. The normalized spacial score (nSPS) is 24.5. The number of ether oxygens (including phenoxy) is 1. The van der Waals surface area contributed by atoms with Gasteiger partial charge in [0.2, 0.25) is 0 Å². The van der Waals surface area contributed by atoms with Crippen molar-refractivity contribution < 1.29 is 4.74 Å². The number of rotatable bonds is 4. The van der Waals surface area contributed by atoms with Crippen molar-refractivity contribution in [3.63, 3.8) is 0 Å². The Balaban J connectivity index is 2.29. The molecule has 1 atom stereocenters. The summed E-state index contributed by atoms with van der Waals surface area (Å²) in [5, 5.41) is 0. The smallest absolute Gasteiger partial charge is 0.120 e. The van der Waals surface area contributed by atoms with E-state index in [4.69, 9.17) is 22.7 Å². The fourth-order valence-electron chi connectivity index (χ4n) is 1.46. The standard InChI is InChI=1S/C9H18N2OS/c1-2-3-4-11-5-6-12-8(7-11)9(10)13/h8H,2-7H2,1H3,(H2,10,13). The monoisotopic (exact) mass is 202 g/mol. The Morgan fingerprint density at radius 1 is 1.69 bits per heavy atom. The molecule has 0 saturated carbocycles. The van der Waals surface area contributed by atoms with Gasteiger partial charge in [-0.25, -0.2) is 0 Å². The zero-order valence-corrected chi connectivity index (χ0v) is 8.98. The van der Waals surface area contributed by atoms with Crippen LogP contribution in [0.5, 0.6) is 0 Å². The minimum Gasteiger partial charge on any atom is -0.391 e. The predicted molar refractivity (Wildman–Crippen MR) is 57.9 cm³/mol. The van der Waals surface area contributed by atoms with Gasteiger partial charge in [0.05, 0.1) is 6.61 Å². The minimum atomic E-state index is -0.0272. The third-order valence-electron chi connectivity index (χ3n) is 2.30. The molecule has 76 valence electrons. The zero-order chi connectivity index (χ0) is 9.68. The van der Waals surface area contributed by atoms with Crippen molar-refractivity contribution in [2.45, 2.75) is 25.9 Å². The molecule has 1 aliphatic heterocycles. The Kier molecular flexibility index (Phi) is 4.62. The quantitative estimate of drug-likeness (QED) is 0.684. The largest absolute Gasteiger partial charge is 0.391 e. The zero-order valence-electron chi connectivity index (χ0n) is 8.16. The number of nitrogens with zero attached hydrogens (tertiary/aromatic N) is 1. The van der Waals surface area contributed by atoms with Crippen LogP contribution in [-0.2, 0) is 4.74 Å². The fourth-order valence-corrected chi connectivity index (χ4v) is 1.60. The molecule has 1 rings (SSSR count). The van der Waals surface area contributed by atoms with Crippen molar-refractivity contribution >= 4 is 17.2 Å². The molecule has 0 bridgehead atoms. The van der Waals surface area contributed by atoms with E-state index in [1.54, 1.807) is 0 Å². The molecule has 0 amide bonds. The number of thiocarbonyl (C=S) groups is 1. The lowest BCUT2D eigenvalue weighted by molar-refractivity contribution is 0.00684. The van der Waals surface area contributed by atoms with Crippen molar-refractivity contribution in [3.8, 4) is 0 Å². The third kappa shape index (κ3) is 3.58. The van der Waals surface area contributed by atoms with Gasteiger partial charge in [-0.1, -0.05) is 25.6 Å². The summed E-state index contributed by atoms with van der Waals surface area (Å²) in [6, 6.07) is 0. The van der Waals surface area contributed by atoms with E-state index in [-0.39, 0.29) is 6.10 Å². The second-order valence-electron chi connectivity index (χ2n) is 3.42. The van der Waals surface area contributed by atoms with Crippen molar-refractivity contribution in [2.24, 2.45) is 5.73 Å². The molecule has 0 aromatic rings. The Morgan fingerprint density at radius 2 is 2.46 bits per heavy atom. The second-order valence-corrected chi connectivity index (χ2v) is 3.89. The van der Waals surface area contributed by atoms with Gasteiger partial charge in [-0.2, -0.15) is 0 Å². The first kappa shape index (κ1) is 10.9. The van der Waals surface area contributed by atoms with Gasteiger partial charge in [0.1, 0.15) is 11.1 Å². The molecule has 0 aromatic carbocycles. The summed E-state index contributed by atoms with van der Waals surface area (Å²) in [6.45, 7) is 5.98. The first-order valence-electron chi connectivity index (χ1n) is 4.87. The molecule has 1 fully saturated rings. The van der Waals surface area contributed by atoms with E-state index in [9.17, 15) is 0 Å². The summed E-state index contributed by atoms with van der Waals surface area (Å²) in [4.78, 5) is 2.86. The lowest BCUT2D eigenvalue weighted by atomic mass is 10.2. The molecule has 0 spiro atoms. The van der Waals surface area contributed by atoms with E-state index in [0.717, 1.165) is 26.2 Å². The number of hydrogen-bond donors (Lipinski definition) is 1. The average Bonchev–Trinajstić information content (AvgIpc) is 2.15. The highest BCUT2D eigenvalue weighted by atomic mass is 32.1. The first-order chi connectivity index (χ1) is 6.24. The van der Waals surface area contributed by atoms with Gasteiger partial charge in [0, 0.05) is 13.1 Å². The molecular formula is C9H18N2OS. The average molecular weight is 202 g/mol. The number of hydrogen-bond acceptors (Lipinski definition) is 3. The molecule has 0 aromatic heterocycles. The molecule has 4 heteroatoms. The molecule has 0 aliphatic carbocycles. The fraction of sp³-hybridized carbons (Fsp3) is 0.889. The van der Waals surface area contributed by atoms with Crippen LogP contribution in [0, 0.1) is 0 Å². The minimum absolute atomic E-state index is 0.0272. The maximum atomic E-state index is 5.54. The van der Waals surface area contributed by atoms with Crippen LogP contribution in [0.15, 0.2) is 0 Å². The van der Waals surface area contributed by atoms with Crippen molar-refractivity contribution in [1.82, 2.24) is 4.90 Å². The summed E-state index contributed by atoms with van der Waals surface area (Å²) in [5.41, 5.74) is 5.54. The first-order valence-corrected chi connectivity index (χ1v) is 5.28. The van der Waals surface area contributed by atoms with Gasteiger partial charge in [0.25, 0.3) is 0 Å². The molecule has 1 unspecified atom stereocenters. The van der Waals surface area contributed by atoms with E-state index in [0.29, 0.717) is 4.99 Å². The summed E-state index contributed by atoms with van der Waals surface area (Å²) in [5.74, 6) is 0. The van der Waals surface area contributed by atoms with Crippen LogP contribution in [0.4, 0.5) is 0 Å². The number of morpholine rings is 1. The maximum Gasteiger partial charge on any atom is 0.120 e. The lowest BCUT2D eigenvalue weighted by Crippen LogP contribution is -2.47. The summed E-state index contributed by atoms with van der Waals surface area (Å²) >= 11 is 4.91. The van der Waals surface area contributed by atoms with Gasteiger partial charge in [-0.05, 0) is 13.0 Å². The highest BCUT2D eigenvalue weighted by Crippen LogP contribution is 2.06. The van der Waals surface area contributed by atoms with E-state index < -0.39 is 0 Å². The van der Waals surface area contributed by atoms with E-state index >= 15 is 0 Å². The van der Waals surface area contributed by atoms with Gasteiger partial charge in [-0.3, -0.25) is 4.90 Å². The summed E-state index contributed by atoms with van der Waals surface area (Å²) in [7, 11) is 0. The Hall–Kier alpha value is -0.190. The van der Waals surface area contributed by atoms with Crippen molar-refractivity contribution in [1.29, 1.82) is 0 Å². The molecule has 3 nitrogen and oxygen atoms in total. The maximum absolute atomic E-state index is 5.54. The highest BCUT2D eigenvalue weighted by Gasteiger charge is 2.21. The Labute approximate surface area is 85.2 Å². The predicted octanol–water partition coefficient (Wildman–Crippen LogP) is 0.773. The van der Waals surface area contributed by atoms with Gasteiger partial charge >= 0.3 is 0 Å². The Bertz CT molecular complexity index is 175. The second kappa shape index (κ2) is 5.52. The van der Waals surface area contributed by atoms with E-state index in [1.807, 2.05) is 0 Å². The third-order valence-corrected chi connectivity index (χ3v) is 2.56. The summed E-state index contributed by atoms with van der Waals surface area (Å²) < 4.78 is 5.44. The van der Waals surface area contributed by atoms with E-state index in [1.165, 1.54) is 12.8 Å². The molecule has 2 N–H and O–H groups in total. The van der Waals surface area contributed by atoms with E-state index in [2.05, 4.69) is 11.8 Å². The van der Waals surface area contributed by atoms with Crippen LogP contribution in [-0.4, -0.2) is 42.2 Å². The number of unbranched alkanes of at least 4 members (excludes halogenated alkanes) is 1. The molecule has 1 saturated heterocycles. The van der Waals surface area contributed by atoms with Crippen LogP contribution in [0.3, 0.4) is 0 Å². The van der Waals surface area contributed by atoms with Crippen molar-refractivity contribution in [3.05, 3.63) is 0 Å². The molecule has 13 heavy (non-hydrogen) atoms. The SMILES string of the molecule is CCCCN1CCOC(C(N)=S)C1. The van der Waals surface area contributed by atoms with Crippen LogP contribution < -0.4 is 5.73 Å². The topological polar surface area (TPSA) is 38.5 Å². The van der Waals surface area contributed by atoms with Crippen LogP contribution >= 0.6 is 12.2 Å². The molecule has 1 aliphatic rings. The Morgan fingerprint density at radius 3 is 3.08 bits per heavy atom. The van der Waals surface area contributed by atoms with Gasteiger partial charge in [0.15, 0.2) is 0 Å². The summed E-state index contributed by atoms with van der Waals surface area (Å²) in [6.07, 6.45) is 2.44. The van der Waals surface area contributed by atoms with Crippen molar-refractivity contribution in [2.75, 3.05) is 26.2 Å². The molecule has 0 radical (unpaired) electrons. The molecule has 1 heterocycles. The van der Waals surface area contributed by atoms with Crippen LogP contribution in [0.2, 0.25) is 0 Å². The highest BCUT2D eigenvalue weighted by molar-refractivity contribution is 7.80. The van der Waals surface area contributed by atoms with Gasteiger partial charge in [-0.15, -0.1) is 0 Å². The van der Waals surface area contributed by atoms with Crippen LogP contribution in [0.1, 0.15) is 19.8 Å². The van der Waals surface area contributed by atoms with Crippen LogP contribution in [0.25, 0.3) is 0 Å². The molecular weight excluding hydrogens is 184 g/mol. The lowest BCUT2D eigenvalue weighted by Gasteiger charge is -2.32.